The van der Waals surface area contributed by atoms with Gasteiger partial charge in [-0.3, -0.25) is 9.98 Å². The Morgan fingerprint density at radius 2 is 2.00 bits per heavy atom. The van der Waals surface area contributed by atoms with E-state index in [9.17, 15) is 0 Å². The molecule has 1 aliphatic rings. The Bertz CT molecular complexity index is 155. The van der Waals surface area contributed by atoms with Crippen LogP contribution in [0.5, 0.6) is 0 Å². The van der Waals surface area contributed by atoms with Crippen molar-refractivity contribution in [3.8, 4) is 0 Å². The van der Waals surface area contributed by atoms with Gasteiger partial charge in [0, 0.05) is 18.6 Å². The van der Waals surface area contributed by atoms with E-state index < -0.39 is 0 Å². The van der Waals surface area contributed by atoms with Crippen LogP contribution in [0.3, 0.4) is 0 Å². The number of nitrogens with zero attached hydrogens (tertiary/aromatic N) is 2. The van der Waals surface area contributed by atoms with Gasteiger partial charge >= 0.3 is 0 Å². The van der Waals surface area contributed by atoms with Gasteiger partial charge in [-0.05, 0) is 12.5 Å². The second-order valence-corrected chi connectivity index (χ2v) is 1.76. The zero-order valence-electron chi connectivity index (χ0n) is 6.83. The predicted molar refractivity (Wildman–Crippen MR) is 47.0 cm³/mol. The van der Waals surface area contributed by atoms with E-state index in [4.69, 9.17) is 0 Å². The summed E-state index contributed by atoms with van der Waals surface area (Å²) in [5.41, 5.74) is 1.20. The highest BCUT2D eigenvalue weighted by molar-refractivity contribution is 6.16. The average molecular weight is 138 g/mol. The van der Waals surface area contributed by atoms with E-state index in [0.29, 0.717) is 0 Å². The first kappa shape index (κ1) is 9.08. The Labute approximate surface area is 62.4 Å². The standard InChI is InChI=1S/C6H8N2.C2H6/c1-6-4-7-2-3-8-5-6;1-2/h2-4H,5H2,1H3;1-2H3. The fourth-order valence-corrected chi connectivity index (χ4v) is 0.493. The first-order valence-corrected chi connectivity index (χ1v) is 3.57. The molecule has 0 N–H and O–H groups in total. The highest BCUT2D eigenvalue weighted by Gasteiger charge is 1.84. The summed E-state index contributed by atoms with van der Waals surface area (Å²) in [6.07, 6.45) is 5.23. The van der Waals surface area contributed by atoms with Crippen LogP contribution in [-0.4, -0.2) is 19.0 Å². The van der Waals surface area contributed by atoms with Gasteiger partial charge in [0.15, 0.2) is 0 Å². The molecule has 2 nitrogen and oxygen atoms in total. The Morgan fingerprint density at radius 1 is 1.30 bits per heavy atom. The maximum absolute atomic E-state index is 4.01. The second-order valence-electron chi connectivity index (χ2n) is 1.76. The van der Waals surface area contributed by atoms with E-state index in [-0.39, 0.29) is 0 Å². The largest absolute Gasteiger partial charge is 0.287 e. The monoisotopic (exact) mass is 138 g/mol. The molecule has 0 aromatic heterocycles. The lowest BCUT2D eigenvalue weighted by atomic mass is 10.3. The van der Waals surface area contributed by atoms with Gasteiger partial charge in [-0.15, -0.1) is 0 Å². The van der Waals surface area contributed by atoms with Crippen molar-refractivity contribution in [1.29, 1.82) is 0 Å². The van der Waals surface area contributed by atoms with E-state index in [2.05, 4.69) is 9.98 Å². The maximum Gasteiger partial charge on any atom is 0.0615 e. The first-order valence-electron chi connectivity index (χ1n) is 3.57. The third-order valence-corrected chi connectivity index (χ3v) is 0.894. The molecule has 0 atom stereocenters. The molecule has 1 heterocycles. The summed E-state index contributed by atoms with van der Waals surface area (Å²) >= 11 is 0. The minimum Gasteiger partial charge on any atom is -0.287 e. The number of hydrogen-bond donors (Lipinski definition) is 0. The van der Waals surface area contributed by atoms with Crippen LogP contribution in [0.4, 0.5) is 0 Å². The molecule has 1 rings (SSSR count). The summed E-state index contributed by atoms with van der Waals surface area (Å²) in [7, 11) is 0. The SMILES string of the molecule is CC.CC1=CN=CC=NC1. The number of hydrogen-bond acceptors (Lipinski definition) is 2. The van der Waals surface area contributed by atoms with E-state index >= 15 is 0 Å². The molecule has 2 heteroatoms. The van der Waals surface area contributed by atoms with Crippen LogP contribution in [-0.2, 0) is 0 Å². The second kappa shape index (κ2) is 6.20. The average Bonchev–Trinajstić information content (AvgIpc) is 2.21. The Morgan fingerprint density at radius 3 is 2.70 bits per heavy atom. The molecular weight excluding hydrogens is 124 g/mol. The molecule has 0 radical (unpaired) electrons. The van der Waals surface area contributed by atoms with Crippen molar-refractivity contribution >= 4 is 12.4 Å². The summed E-state index contributed by atoms with van der Waals surface area (Å²) in [4.78, 5) is 7.92. The highest BCUT2D eigenvalue weighted by atomic mass is 14.8. The third kappa shape index (κ3) is 4.01. The molecule has 0 aliphatic carbocycles. The van der Waals surface area contributed by atoms with Crippen LogP contribution in [0.1, 0.15) is 20.8 Å². The molecule has 56 valence electrons. The van der Waals surface area contributed by atoms with Crippen molar-refractivity contribution in [3.63, 3.8) is 0 Å². The molecule has 0 saturated carbocycles. The van der Waals surface area contributed by atoms with Crippen LogP contribution in [0.15, 0.2) is 21.8 Å². The fourth-order valence-electron chi connectivity index (χ4n) is 0.493. The molecule has 0 unspecified atom stereocenters. The summed E-state index contributed by atoms with van der Waals surface area (Å²) < 4.78 is 0. The van der Waals surface area contributed by atoms with Gasteiger partial charge in [0.1, 0.15) is 0 Å². The summed E-state index contributed by atoms with van der Waals surface area (Å²) in [5, 5.41) is 0. The Balaban J connectivity index is 0.000000371. The third-order valence-electron chi connectivity index (χ3n) is 0.894. The minimum atomic E-state index is 0.792. The molecule has 10 heavy (non-hydrogen) atoms. The fraction of sp³-hybridized carbons (Fsp3) is 0.500. The van der Waals surface area contributed by atoms with Crippen molar-refractivity contribution in [2.75, 3.05) is 6.54 Å². The van der Waals surface area contributed by atoms with Gasteiger partial charge in [0.05, 0.1) is 6.54 Å². The minimum absolute atomic E-state index is 0.792. The quantitative estimate of drug-likeness (QED) is 0.489. The summed E-state index contributed by atoms with van der Waals surface area (Å²) in [6, 6.07) is 0. The van der Waals surface area contributed by atoms with Gasteiger partial charge in [-0.1, -0.05) is 13.8 Å². The van der Waals surface area contributed by atoms with Crippen molar-refractivity contribution in [2.24, 2.45) is 9.98 Å². The molecule has 0 amide bonds. The van der Waals surface area contributed by atoms with Crippen LogP contribution in [0, 0.1) is 0 Å². The molecule has 0 saturated heterocycles. The van der Waals surface area contributed by atoms with E-state index in [1.54, 1.807) is 12.4 Å². The van der Waals surface area contributed by atoms with Crippen LogP contribution >= 0.6 is 0 Å². The van der Waals surface area contributed by atoms with Crippen LogP contribution in [0.25, 0.3) is 0 Å². The molecule has 0 aromatic rings. The van der Waals surface area contributed by atoms with Gasteiger partial charge in [0.25, 0.3) is 0 Å². The molecule has 0 fully saturated rings. The van der Waals surface area contributed by atoms with Gasteiger partial charge in [-0.2, -0.15) is 0 Å². The van der Waals surface area contributed by atoms with Crippen molar-refractivity contribution in [1.82, 2.24) is 0 Å². The molecule has 1 aliphatic heterocycles. The van der Waals surface area contributed by atoms with E-state index in [1.807, 2.05) is 27.0 Å². The van der Waals surface area contributed by atoms with Crippen molar-refractivity contribution < 1.29 is 0 Å². The molecule has 0 spiro atoms. The lowest BCUT2D eigenvalue weighted by Crippen LogP contribution is -1.79. The van der Waals surface area contributed by atoms with Gasteiger partial charge in [-0.25, -0.2) is 0 Å². The van der Waals surface area contributed by atoms with E-state index in [0.717, 1.165) is 6.54 Å². The normalized spacial score (nSPS) is 14.9. The lowest BCUT2D eigenvalue weighted by Gasteiger charge is -1.85. The van der Waals surface area contributed by atoms with Crippen LogP contribution < -0.4 is 0 Å². The zero-order chi connectivity index (χ0) is 7.82. The Hall–Kier alpha value is -0.920. The topological polar surface area (TPSA) is 24.7 Å². The molecule has 0 aromatic carbocycles. The predicted octanol–water partition coefficient (Wildman–Crippen LogP) is 2.07. The molecule has 0 bridgehead atoms. The van der Waals surface area contributed by atoms with E-state index in [1.165, 1.54) is 5.57 Å². The molecular formula is C8H14N2. The van der Waals surface area contributed by atoms with Crippen molar-refractivity contribution in [3.05, 3.63) is 11.8 Å². The number of aliphatic imine (C=N–C) groups is 2. The number of rotatable bonds is 0. The van der Waals surface area contributed by atoms with Crippen LogP contribution in [0.2, 0.25) is 0 Å². The maximum atomic E-state index is 4.01. The summed E-state index contributed by atoms with van der Waals surface area (Å²) in [6.45, 7) is 6.81. The smallest absolute Gasteiger partial charge is 0.0615 e. The van der Waals surface area contributed by atoms with Gasteiger partial charge < -0.3 is 0 Å². The van der Waals surface area contributed by atoms with Gasteiger partial charge in [0.2, 0.25) is 0 Å². The highest BCUT2D eigenvalue weighted by Crippen LogP contribution is 1.93. The van der Waals surface area contributed by atoms with Crippen molar-refractivity contribution in [2.45, 2.75) is 20.8 Å². The Kier molecular flexibility index (Phi) is 5.63. The summed E-state index contributed by atoms with van der Waals surface area (Å²) in [5.74, 6) is 0. The first-order chi connectivity index (χ1) is 4.89. The lowest BCUT2D eigenvalue weighted by molar-refractivity contribution is 1.14. The zero-order valence-corrected chi connectivity index (χ0v) is 6.83.